The third-order valence-electron chi connectivity index (χ3n) is 4.71. The van der Waals surface area contributed by atoms with Crippen molar-refractivity contribution < 1.29 is 83.1 Å². The topological polar surface area (TPSA) is 30.9 Å². The number of benzene rings is 1. The van der Waals surface area contributed by atoms with Crippen molar-refractivity contribution in [3.8, 4) is 11.5 Å². The first-order valence-corrected chi connectivity index (χ1v) is 9.66. The van der Waals surface area contributed by atoms with Gasteiger partial charge in [0.15, 0.2) is 0 Å². The van der Waals surface area contributed by atoms with Crippen molar-refractivity contribution >= 4 is 11.8 Å². The zero-order chi connectivity index (χ0) is 16.9. The standard InChI is InChI=1S/C19H28NO3S.Cs/c1-14-8-19(23-12-14)24-18-10-16(21-3)9-17(11-18)22-13-15-4-6-20(2)7-5-15;/h9-12,14-15,19H,4-8,13H2,1-3H3;/q-1;+1/t14-,19?;/m1./s1. The molecule has 2 aliphatic heterocycles. The summed E-state index contributed by atoms with van der Waals surface area (Å²) in [6.07, 6.45) is 3.48. The van der Waals surface area contributed by atoms with Crippen LogP contribution in [0, 0.1) is 18.4 Å². The number of nitrogens with zero attached hydrogens (tertiary/aromatic N) is 1. The van der Waals surface area contributed by atoms with E-state index in [1.807, 2.05) is 12.7 Å². The van der Waals surface area contributed by atoms with Crippen molar-refractivity contribution in [2.75, 3.05) is 33.9 Å². The second-order valence-corrected chi connectivity index (χ2v) is 8.17. The average molecular weight is 483 g/mol. The van der Waals surface area contributed by atoms with Crippen LogP contribution in [0.15, 0.2) is 23.1 Å². The molecule has 0 aliphatic carbocycles. The Bertz CT molecular complexity index is 537. The van der Waals surface area contributed by atoms with Gasteiger partial charge in [0.2, 0.25) is 0 Å². The second kappa shape index (κ2) is 11.2. The molecule has 25 heavy (non-hydrogen) atoms. The maximum atomic E-state index is 6.09. The van der Waals surface area contributed by atoms with Gasteiger partial charge in [0.1, 0.15) is 11.5 Å². The van der Waals surface area contributed by atoms with Gasteiger partial charge in [-0.1, -0.05) is 18.7 Å². The first-order chi connectivity index (χ1) is 11.6. The summed E-state index contributed by atoms with van der Waals surface area (Å²) in [4.78, 5) is 3.52. The minimum atomic E-state index is 0. The summed E-state index contributed by atoms with van der Waals surface area (Å²) in [5.41, 5.74) is 0.189. The Hall–Kier alpha value is 1.14. The van der Waals surface area contributed by atoms with Crippen LogP contribution in [0.1, 0.15) is 26.2 Å². The molecule has 2 fully saturated rings. The monoisotopic (exact) mass is 483 g/mol. The summed E-state index contributed by atoms with van der Waals surface area (Å²) < 4.78 is 17.2. The predicted molar refractivity (Wildman–Crippen MR) is 97.5 cm³/mol. The number of methoxy groups -OCH3 is 1. The molecule has 0 radical (unpaired) electrons. The first kappa shape index (κ1) is 22.4. The van der Waals surface area contributed by atoms with E-state index >= 15 is 0 Å². The minimum absolute atomic E-state index is 0. The third-order valence-corrected chi connectivity index (χ3v) is 5.78. The number of piperidine rings is 1. The van der Waals surface area contributed by atoms with Gasteiger partial charge in [-0.2, -0.15) is 0 Å². The summed E-state index contributed by atoms with van der Waals surface area (Å²) in [6, 6.07) is 6.14. The van der Waals surface area contributed by atoms with E-state index in [1.54, 1.807) is 18.9 Å². The maximum absolute atomic E-state index is 6.09. The van der Waals surface area contributed by atoms with Gasteiger partial charge in [-0.15, -0.1) is 5.92 Å². The first-order valence-electron chi connectivity index (χ1n) is 8.78. The van der Waals surface area contributed by atoms with Gasteiger partial charge >= 0.3 is 68.9 Å². The summed E-state index contributed by atoms with van der Waals surface area (Å²) in [5, 5.41) is 0. The Morgan fingerprint density at radius 1 is 1.24 bits per heavy atom. The van der Waals surface area contributed by atoms with E-state index in [9.17, 15) is 0 Å². The van der Waals surface area contributed by atoms with Crippen molar-refractivity contribution in [2.24, 2.45) is 11.8 Å². The molecule has 3 rings (SSSR count). The minimum Gasteiger partial charge on any atom is -0.542 e. The van der Waals surface area contributed by atoms with Gasteiger partial charge in [-0.05, 0) is 57.5 Å². The second-order valence-electron chi connectivity index (χ2n) is 6.93. The van der Waals surface area contributed by atoms with E-state index in [0.29, 0.717) is 11.8 Å². The molecule has 0 spiro atoms. The van der Waals surface area contributed by atoms with Crippen LogP contribution in [-0.2, 0) is 4.74 Å². The molecule has 6 heteroatoms. The number of ether oxygens (including phenoxy) is 3. The molecule has 1 aromatic rings. The van der Waals surface area contributed by atoms with Gasteiger partial charge < -0.3 is 19.1 Å². The van der Waals surface area contributed by atoms with Gasteiger partial charge in [0.25, 0.3) is 0 Å². The Kier molecular flexibility index (Phi) is 10.1. The number of hydrogen-bond donors (Lipinski definition) is 0. The van der Waals surface area contributed by atoms with Gasteiger partial charge in [-0.3, -0.25) is 0 Å². The zero-order valence-electron chi connectivity index (χ0n) is 15.9. The van der Waals surface area contributed by atoms with Crippen molar-refractivity contribution in [3.05, 3.63) is 24.8 Å². The summed E-state index contributed by atoms with van der Waals surface area (Å²) in [7, 11) is 3.89. The fourth-order valence-electron chi connectivity index (χ4n) is 3.12. The van der Waals surface area contributed by atoms with Crippen molar-refractivity contribution in [1.29, 1.82) is 0 Å². The molecule has 1 unspecified atom stereocenters. The molecule has 0 N–H and O–H groups in total. The summed E-state index contributed by atoms with van der Waals surface area (Å²) in [6.45, 7) is 7.25. The molecule has 2 aliphatic rings. The molecule has 0 aromatic heterocycles. The third kappa shape index (κ3) is 7.23. The molecule has 0 amide bonds. The van der Waals surface area contributed by atoms with Crippen LogP contribution in [0.5, 0.6) is 11.5 Å². The maximum Gasteiger partial charge on any atom is 1.00 e. The molecule has 0 bridgehead atoms. The van der Waals surface area contributed by atoms with E-state index in [4.69, 9.17) is 14.2 Å². The van der Waals surface area contributed by atoms with Crippen LogP contribution < -0.4 is 78.4 Å². The van der Waals surface area contributed by atoms with Crippen LogP contribution in [0.4, 0.5) is 0 Å². The van der Waals surface area contributed by atoms with Crippen molar-refractivity contribution in [2.45, 2.75) is 36.5 Å². The number of thioether (sulfide) groups is 1. The molecule has 2 atom stereocenters. The van der Waals surface area contributed by atoms with Crippen LogP contribution >= 0.6 is 11.8 Å². The number of hydrogen-bond acceptors (Lipinski definition) is 5. The average Bonchev–Trinajstić information content (AvgIpc) is 2.99. The van der Waals surface area contributed by atoms with Crippen molar-refractivity contribution in [3.63, 3.8) is 0 Å². The van der Waals surface area contributed by atoms with Gasteiger partial charge in [0.05, 0.1) is 19.2 Å². The Labute approximate surface area is 215 Å². The van der Waals surface area contributed by atoms with E-state index in [0.717, 1.165) is 29.4 Å². The summed E-state index contributed by atoms with van der Waals surface area (Å²) in [5.74, 6) is 2.91. The van der Waals surface area contributed by atoms with Crippen LogP contribution in [0.2, 0.25) is 0 Å². The fourth-order valence-corrected chi connectivity index (χ4v) is 4.31. The normalized spacial score (nSPS) is 24.8. The van der Waals surface area contributed by atoms with Crippen LogP contribution in [0.25, 0.3) is 0 Å². The molecule has 0 saturated carbocycles. The predicted octanol–water partition coefficient (Wildman–Crippen LogP) is 1.06. The molecule has 134 valence electrons. The Balaban J connectivity index is 0.00000225. The molecular weight excluding hydrogens is 455 g/mol. The number of likely N-dealkylation sites (tertiary alicyclic amines) is 1. The van der Waals surface area contributed by atoms with E-state index in [1.165, 1.54) is 25.9 Å². The summed E-state index contributed by atoms with van der Waals surface area (Å²) >= 11 is 1.74. The Morgan fingerprint density at radius 2 is 1.96 bits per heavy atom. The molecule has 1 aromatic carbocycles. The SMILES string of the molecule is COc1cc(OCC2CCN(C)CC2)cc(SC2C[C@@H](C)[CH-]O2)c1.[Cs+]. The molecular formula is C19H28CsNO3S. The van der Waals surface area contributed by atoms with E-state index in [-0.39, 0.29) is 74.3 Å². The van der Waals surface area contributed by atoms with Crippen LogP contribution in [-0.4, -0.2) is 44.2 Å². The molecule has 2 heterocycles. The van der Waals surface area contributed by atoms with Crippen LogP contribution in [0.3, 0.4) is 0 Å². The van der Waals surface area contributed by atoms with E-state index in [2.05, 4.69) is 31.0 Å². The fraction of sp³-hybridized carbons (Fsp3) is 0.632. The van der Waals surface area contributed by atoms with Crippen molar-refractivity contribution in [1.82, 2.24) is 4.90 Å². The largest absolute Gasteiger partial charge is 1.00 e. The molecule has 2 saturated heterocycles. The quantitative estimate of drug-likeness (QED) is 0.565. The number of rotatable bonds is 6. The zero-order valence-corrected chi connectivity index (χ0v) is 23.0. The Morgan fingerprint density at radius 3 is 2.60 bits per heavy atom. The van der Waals surface area contributed by atoms with Gasteiger partial charge in [0, 0.05) is 11.0 Å². The van der Waals surface area contributed by atoms with E-state index < -0.39 is 0 Å². The molecule has 4 nitrogen and oxygen atoms in total. The smallest absolute Gasteiger partial charge is 0.542 e. The van der Waals surface area contributed by atoms with Gasteiger partial charge in [-0.25, -0.2) is 6.61 Å².